The number of alkyl halides is 3. The van der Waals surface area contributed by atoms with Gasteiger partial charge in [-0.3, -0.25) is 4.79 Å². The third-order valence-corrected chi connectivity index (χ3v) is 5.08. The van der Waals surface area contributed by atoms with Crippen molar-refractivity contribution in [3.8, 4) is 0 Å². The number of halogens is 3. The Morgan fingerprint density at radius 2 is 1.77 bits per heavy atom. The summed E-state index contributed by atoms with van der Waals surface area (Å²) in [5.74, 6) is -0.691. The van der Waals surface area contributed by atoms with Crippen molar-refractivity contribution >= 4 is 29.0 Å². The van der Waals surface area contributed by atoms with Gasteiger partial charge in [0.15, 0.2) is 5.65 Å². The van der Waals surface area contributed by atoms with Crippen LogP contribution < -0.4 is 11.0 Å². The molecule has 7 nitrogen and oxygen atoms in total. The highest BCUT2D eigenvalue weighted by atomic mass is 32.2. The van der Waals surface area contributed by atoms with Gasteiger partial charge in [-0.2, -0.15) is 22.8 Å². The van der Waals surface area contributed by atoms with Crippen LogP contribution in [0.25, 0.3) is 5.65 Å². The first-order chi connectivity index (χ1) is 14.8. The van der Waals surface area contributed by atoms with Crippen LogP contribution in [0.15, 0.2) is 81.4 Å². The lowest BCUT2D eigenvalue weighted by Gasteiger charge is -2.09. The topological polar surface area (TPSA) is 81.3 Å². The zero-order valence-electron chi connectivity index (χ0n) is 15.7. The van der Waals surface area contributed by atoms with Crippen LogP contribution in [0, 0.1) is 0 Å². The van der Waals surface area contributed by atoms with Gasteiger partial charge in [0.05, 0.1) is 5.56 Å². The number of rotatable bonds is 5. The largest absolute Gasteiger partial charge is 0.416 e. The molecule has 0 atom stereocenters. The number of aromatic nitrogens is 4. The summed E-state index contributed by atoms with van der Waals surface area (Å²) in [5, 5.41) is 11.2. The standard InChI is InChI=1S/C20H14F3N5O2S/c21-20(22,23)13-5-4-6-14(11-13)24-17(29)12-27-19(30)28-16(25-27)9-10-18(26-28)31-15-7-2-1-3-8-15/h1-11H,12H2,(H,24,29). The highest BCUT2D eigenvalue weighted by Crippen LogP contribution is 2.30. The van der Waals surface area contributed by atoms with E-state index in [2.05, 4.69) is 15.5 Å². The molecule has 0 fully saturated rings. The Bertz CT molecular complexity index is 1300. The summed E-state index contributed by atoms with van der Waals surface area (Å²) in [4.78, 5) is 25.8. The summed E-state index contributed by atoms with van der Waals surface area (Å²) in [5.41, 5.74) is -1.31. The van der Waals surface area contributed by atoms with Crippen molar-refractivity contribution in [2.45, 2.75) is 22.6 Å². The monoisotopic (exact) mass is 445 g/mol. The van der Waals surface area contributed by atoms with Crippen molar-refractivity contribution in [2.75, 3.05) is 5.32 Å². The van der Waals surface area contributed by atoms with Crippen LogP contribution in [-0.4, -0.2) is 25.3 Å². The number of fused-ring (bicyclic) bond motifs is 1. The zero-order valence-corrected chi connectivity index (χ0v) is 16.5. The molecule has 0 bridgehead atoms. The number of anilines is 1. The molecule has 0 aliphatic carbocycles. The molecule has 0 aliphatic rings. The van der Waals surface area contributed by atoms with E-state index in [-0.39, 0.29) is 11.3 Å². The maximum absolute atomic E-state index is 12.8. The van der Waals surface area contributed by atoms with Gasteiger partial charge in [-0.1, -0.05) is 36.0 Å². The summed E-state index contributed by atoms with van der Waals surface area (Å²) in [7, 11) is 0. The molecule has 1 N–H and O–H groups in total. The fraction of sp³-hybridized carbons (Fsp3) is 0.100. The van der Waals surface area contributed by atoms with Crippen LogP contribution in [0.3, 0.4) is 0 Å². The molecular formula is C20H14F3N5O2S. The summed E-state index contributed by atoms with van der Waals surface area (Å²) >= 11 is 1.36. The minimum absolute atomic E-state index is 0.0312. The SMILES string of the molecule is O=C(Cn1nc2ccc(Sc3ccccc3)nn2c1=O)Nc1cccc(C(F)(F)F)c1. The zero-order chi connectivity index (χ0) is 22.0. The van der Waals surface area contributed by atoms with Gasteiger partial charge in [0.2, 0.25) is 5.91 Å². The average Bonchev–Trinajstić information content (AvgIpc) is 3.03. The van der Waals surface area contributed by atoms with Crippen molar-refractivity contribution in [3.05, 3.63) is 82.8 Å². The molecular weight excluding hydrogens is 431 g/mol. The predicted molar refractivity (Wildman–Crippen MR) is 108 cm³/mol. The van der Waals surface area contributed by atoms with Gasteiger partial charge in [-0.15, -0.1) is 5.10 Å². The maximum Gasteiger partial charge on any atom is 0.416 e. The van der Waals surface area contributed by atoms with E-state index >= 15 is 0 Å². The minimum atomic E-state index is -4.53. The number of hydrogen-bond acceptors (Lipinski definition) is 5. The summed E-state index contributed by atoms with van der Waals surface area (Å²) in [6.07, 6.45) is -4.53. The smallest absolute Gasteiger partial charge is 0.324 e. The third-order valence-electron chi connectivity index (χ3n) is 4.15. The highest BCUT2D eigenvalue weighted by molar-refractivity contribution is 7.99. The fourth-order valence-electron chi connectivity index (χ4n) is 2.77. The van der Waals surface area contributed by atoms with Crippen LogP contribution in [0.5, 0.6) is 0 Å². The second kappa shape index (κ2) is 8.26. The molecule has 2 aromatic heterocycles. The molecule has 31 heavy (non-hydrogen) atoms. The first-order valence-corrected chi connectivity index (χ1v) is 9.78. The lowest BCUT2D eigenvalue weighted by Crippen LogP contribution is -2.29. The number of carbonyl (C=O) groups excluding carboxylic acids is 1. The fourth-order valence-corrected chi connectivity index (χ4v) is 3.56. The van der Waals surface area contributed by atoms with Crippen molar-refractivity contribution in [1.29, 1.82) is 0 Å². The summed E-state index contributed by atoms with van der Waals surface area (Å²) < 4.78 is 40.4. The molecule has 0 saturated heterocycles. The Labute approximate surface area is 177 Å². The number of carbonyl (C=O) groups is 1. The Morgan fingerprint density at radius 1 is 1.00 bits per heavy atom. The first-order valence-electron chi connectivity index (χ1n) is 8.96. The van der Waals surface area contributed by atoms with E-state index in [1.54, 1.807) is 12.1 Å². The molecule has 1 amide bonds. The van der Waals surface area contributed by atoms with E-state index < -0.39 is 29.9 Å². The van der Waals surface area contributed by atoms with Crippen molar-refractivity contribution in [1.82, 2.24) is 19.4 Å². The van der Waals surface area contributed by atoms with Gasteiger partial charge in [-0.25, -0.2) is 9.48 Å². The molecule has 0 aliphatic heterocycles. The van der Waals surface area contributed by atoms with E-state index in [4.69, 9.17) is 0 Å². The Balaban J connectivity index is 1.51. The molecule has 158 valence electrons. The molecule has 0 unspecified atom stereocenters. The first kappa shape index (κ1) is 20.7. The third kappa shape index (κ3) is 4.77. The molecule has 0 spiro atoms. The number of benzene rings is 2. The molecule has 2 heterocycles. The molecule has 2 aromatic carbocycles. The van der Waals surface area contributed by atoms with Crippen LogP contribution >= 0.6 is 11.8 Å². The van der Waals surface area contributed by atoms with Crippen LogP contribution in [0.4, 0.5) is 18.9 Å². The van der Waals surface area contributed by atoms with Crippen LogP contribution in [-0.2, 0) is 17.5 Å². The predicted octanol–water partition coefficient (Wildman–Crippen LogP) is 3.70. The Hall–Kier alpha value is -3.60. The van der Waals surface area contributed by atoms with Gasteiger partial charge in [0.25, 0.3) is 0 Å². The summed E-state index contributed by atoms with van der Waals surface area (Å²) in [6, 6.07) is 17.0. The molecule has 0 saturated carbocycles. The minimum Gasteiger partial charge on any atom is -0.324 e. The second-order valence-corrected chi connectivity index (χ2v) is 7.52. The lowest BCUT2D eigenvalue weighted by molar-refractivity contribution is -0.137. The molecule has 4 aromatic rings. The van der Waals surface area contributed by atoms with Gasteiger partial charge in [0, 0.05) is 10.6 Å². The van der Waals surface area contributed by atoms with E-state index in [0.717, 1.165) is 26.2 Å². The molecule has 4 rings (SSSR count). The lowest BCUT2D eigenvalue weighted by atomic mass is 10.2. The van der Waals surface area contributed by atoms with E-state index in [0.29, 0.717) is 5.03 Å². The number of hydrogen-bond donors (Lipinski definition) is 1. The second-order valence-electron chi connectivity index (χ2n) is 6.42. The van der Waals surface area contributed by atoms with Crippen molar-refractivity contribution in [2.24, 2.45) is 0 Å². The quantitative estimate of drug-likeness (QED) is 0.507. The normalized spacial score (nSPS) is 11.6. The number of nitrogens with zero attached hydrogens (tertiary/aromatic N) is 4. The van der Waals surface area contributed by atoms with Gasteiger partial charge in [0.1, 0.15) is 11.6 Å². The Morgan fingerprint density at radius 3 is 2.52 bits per heavy atom. The number of nitrogens with one attached hydrogen (secondary N) is 1. The summed E-state index contributed by atoms with van der Waals surface area (Å²) in [6.45, 7) is -0.473. The van der Waals surface area contributed by atoms with Crippen molar-refractivity contribution in [3.63, 3.8) is 0 Å². The van der Waals surface area contributed by atoms with Crippen molar-refractivity contribution < 1.29 is 18.0 Å². The molecule has 0 radical (unpaired) electrons. The highest BCUT2D eigenvalue weighted by Gasteiger charge is 2.30. The average molecular weight is 445 g/mol. The Kier molecular flexibility index (Phi) is 5.51. The maximum atomic E-state index is 12.8. The van der Waals surface area contributed by atoms with E-state index in [9.17, 15) is 22.8 Å². The molecule has 11 heteroatoms. The van der Waals surface area contributed by atoms with Crippen LogP contribution in [0.1, 0.15) is 5.56 Å². The number of amides is 1. The van der Waals surface area contributed by atoms with Gasteiger partial charge < -0.3 is 5.32 Å². The van der Waals surface area contributed by atoms with Crippen LogP contribution in [0.2, 0.25) is 0 Å². The van der Waals surface area contributed by atoms with Gasteiger partial charge >= 0.3 is 11.9 Å². The van der Waals surface area contributed by atoms with E-state index in [1.807, 2.05) is 30.3 Å². The van der Waals surface area contributed by atoms with Gasteiger partial charge in [-0.05, 0) is 42.5 Å². The van der Waals surface area contributed by atoms with E-state index in [1.165, 1.54) is 23.9 Å².